The highest BCUT2D eigenvalue weighted by Gasteiger charge is 2.10. The molecule has 0 radical (unpaired) electrons. The van der Waals surface area contributed by atoms with Gasteiger partial charge in [-0.3, -0.25) is 4.57 Å². The van der Waals surface area contributed by atoms with Gasteiger partial charge in [-0.15, -0.1) is 0 Å². The summed E-state index contributed by atoms with van der Waals surface area (Å²) in [5, 5.41) is 3.03. The summed E-state index contributed by atoms with van der Waals surface area (Å²) in [6.07, 6.45) is 2.40. The van der Waals surface area contributed by atoms with Crippen molar-refractivity contribution >= 4 is 5.95 Å². The van der Waals surface area contributed by atoms with Crippen LogP contribution in [0.25, 0.3) is 5.69 Å². The Balaban J connectivity index is 2.52. The summed E-state index contributed by atoms with van der Waals surface area (Å²) in [4.78, 5) is 20.4. The largest absolute Gasteiger partial charge is 0.356 e. The van der Waals surface area contributed by atoms with Gasteiger partial charge in [-0.05, 0) is 38.3 Å². The quantitative estimate of drug-likeness (QED) is 0.928. The zero-order valence-corrected chi connectivity index (χ0v) is 12.3. The molecule has 0 fully saturated rings. The summed E-state index contributed by atoms with van der Waals surface area (Å²) in [5.74, 6) is 0.368. The Bertz CT molecular complexity index is 661. The Morgan fingerprint density at radius 1 is 1.35 bits per heavy atom. The highest BCUT2D eigenvalue weighted by molar-refractivity contribution is 5.47. The molecule has 0 saturated heterocycles. The van der Waals surface area contributed by atoms with Crippen LogP contribution in [0.15, 0.2) is 29.3 Å². The molecule has 0 aliphatic heterocycles. The van der Waals surface area contributed by atoms with E-state index in [1.165, 1.54) is 4.57 Å². The minimum absolute atomic E-state index is 0.190. The van der Waals surface area contributed by atoms with Gasteiger partial charge in [0.15, 0.2) is 0 Å². The van der Waals surface area contributed by atoms with Crippen LogP contribution < -0.4 is 11.0 Å². The van der Waals surface area contributed by atoms with E-state index in [2.05, 4.69) is 22.2 Å². The van der Waals surface area contributed by atoms with Gasteiger partial charge < -0.3 is 5.32 Å². The van der Waals surface area contributed by atoms with E-state index < -0.39 is 0 Å². The zero-order valence-electron chi connectivity index (χ0n) is 12.3. The Hall–Kier alpha value is -2.17. The van der Waals surface area contributed by atoms with E-state index in [9.17, 15) is 4.79 Å². The molecule has 2 rings (SSSR count). The molecule has 0 amide bonds. The molecule has 0 aliphatic carbocycles. The summed E-state index contributed by atoms with van der Waals surface area (Å²) >= 11 is 0. The van der Waals surface area contributed by atoms with Crippen LogP contribution in [0.5, 0.6) is 0 Å². The number of hydrogen-bond donors (Lipinski definition) is 1. The van der Waals surface area contributed by atoms with Crippen LogP contribution in [0.3, 0.4) is 0 Å². The number of aryl methyl sites for hydroxylation is 2. The van der Waals surface area contributed by atoms with Crippen LogP contribution in [-0.4, -0.2) is 20.6 Å². The number of aromatic nitrogens is 3. The number of rotatable bonds is 4. The lowest BCUT2D eigenvalue weighted by Crippen LogP contribution is -2.26. The van der Waals surface area contributed by atoms with Gasteiger partial charge in [0.05, 0.1) is 5.69 Å². The molecule has 0 unspecified atom stereocenters. The van der Waals surface area contributed by atoms with Gasteiger partial charge in [0.25, 0.3) is 0 Å². The second-order valence-electron chi connectivity index (χ2n) is 5.07. The molecule has 1 heterocycles. The van der Waals surface area contributed by atoms with Gasteiger partial charge in [0, 0.05) is 6.04 Å². The van der Waals surface area contributed by atoms with Crippen LogP contribution in [-0.2, 0) is 6.42 Å². The first-order chi connectivity index (χ1) is 9.52. The highest BCUT2D eigenvalue weighted by Crippen LogP contribution is 2.18. The molecule has 0 bridgehead atoms. The number of nitrogens with zero attached hydrogens (tertiary/aromatic N) is 3. The molecule has 1 aromatic carbocycles. The summed E-state index contributed by atoms with van der Waals surface area (Å²) in [5.41, 5.74) is 2.73. The minimum atomic E-state index is -0.313. The van der Waals surface area contributed by atoms with Gasteiger partial charge in [-0.25, -0.2) is 9.78 Å². The minimum Gasteiger partial charge on any atom is -0.352 e. The Kier molecular flexibility index (Phi) is 4.17. The highest BCUT2D eigenvalue weighted by atomic mass is 16.1. The number of para-hydroxylation sites is 1. The lowest BCUT2D eigenvalue weighted by atomic mass is 10.1. The van der Waals surface area contributed by atoms with E-state index in [1.807, 2.05) is 39.0 Å². The summed E-state index contributed by atoms with van der Waals surface area (Å²) in [7, 11) is 0. The van der Waals surface area contributed by atoms with Crippen molar-refractivity contribution in [1.29, 1.82) is 0 Å². The van der Waals surface area contributed by atoms with Crippen molar-refractivity contribution in [3.63, 3.8) is 0 Å². The third-order valence-electron chi connectivity index (χ3n) is 3.06. The first kappa shape index (κ1) is 14.2. The van der Waals surface area contributed by atoms with E-state index in [4.69, 9.17) is 0 Å². The maximum absolute atomic E-state index is 12.2. The third-order valence-corrected chi connectivity index (χ3v) is 3.06. The zero-order chi connectivity index (χ0) is 14.7. The van der Waals surface area contributed by atoms with Crippen molar-refractivity contribution in [2.75, 3.05) is 5.32 Å². The molecular formula is C15H20N4O. The Labute approximate surface area is 118 Å². The van der Waals surface area contributed by atoms with Gasteiger partial charge in [-0.1, -0.05) is 25.1 Å². The summed E-state index contributed by atoms with van der Waals surface area (Å²) < 4.78 is 1.51. The maximum Gasteiger partial charge on any atom is 0.356 e. The van der Waals surface area contributed by atoms with Gasteiger partial charge in [0.1, 0.15) is 6.33 Å². The van der Waals surface area contributed by atoms with E-state index in [-0.39, 0.29) is 11.7 Å². The topological polar surface area (TPSA) is 59.8 Å². The Morgan fingerprint density at radius 2 is 2.10 bits per heavy atom. The number of nitrogens with one attached hydrogen (secondary N) is 1. The van der Waals surface area contributed by atoms with E-state index in [1.54, 1.807) is 6.33 Å². The van der Waals surface area contributed by atoms with Crippen molar-refractivity contribution in [2.24, 2.45) is 0 Å². The molecule has 5 heteroatoms. The average molecular weight is 272 g/mol. The monoisotopic (exact) mass is 272 g/mol. The molecular weight excluding hydrogens is 252 g/mol. The molecule has 1 aromatic heterocycles. The fourth-order valence-electron chi connectivity index (χ4n) is 2.17. The number of anilines is 1. The molecule has 5 nitrogen and oxygen atoms in total. The second-order valence-corrected chi connectivity index (χ2v) is 5.07. The van der Waals surface area contributed by atoms with Crippen LogP contribution >= 0.6 is 0 Å². The standard InChI is InChI=1S/C15H20N4O/c1-5-12-8-6-7-11(4)13(12)19-9-16-14(17-10(2)3)18-15(19)20/h6-10H,5H2,1-4H3,(H,17,18,20). The second kappa shape index (κ2) is 5.86. The Morgan fingerprint density at radius 3 is 2.70 bits per heavy atom. The van der Waals surface area contributed by atoms with E-state index in [0.29, 0.717) is 5.95 Å². The van der Waals surface area contributed by atoms with Crippen molar-refractivity contribution in [3.05, 3.63) is 46.1 Å². The van der Waals surface area contributed by atoms with Crippen LogP contribution in [0.1, 0.15) is 31.9 Å². The molecule has 2 aromatic rings. The predicted molar refractivity (Wildman–Crippen MR) is 80.5 cm³/mol. The molecule has 0 saturated carbocycles. The lowest BCUT2D eigenvalue weighted by Gasteiger charge is -2.14. The first-order valence-corrected chi connectivity index (χ1v) is 6.84. The lowest BCUT2D eigenvalue weighted by molar-refractivity contribution is 0.812. The number of benzene rings is 1. The van der Waals surface area contributed by atoms with Gasteiger partial charge in [0.2, 0.25) is 5.95 Å². The molecule has 20 heavy (non-hydrogen) atoms. The van der Waals surface area contributed by atoms with Crippen molar-refractivity contribution in [2.45, 2.75) is 40.2 Å². The van der Waals surface area contributed by atoms with Crippen molar-refractivity contribution < 1.29 is 0 Å². The van der Waals surface area contributed by atoms with Crippen LogP contribution in [0.4, 0.5) is 5.95 Å². The average Bonchev–Trinajstić information content (AvgIpc) is 2.39. The molecule has 0 spiro atoms. The smallest absolute Gasteiger partial charge is 0.352 e. The van der Waals surface area contributed by atoms with E-state index in [0.717, 1.165) is 23.2 Å². The summed E-state index contributed by atoms with van der Waals surface area (Å²) in [6.45, 7) is 8.01. The SMILES string of the molecule is CCc1cccc(C)c1-n1cnc(NC(C)C)nc1=O. The molecule has 0 atom stereocenters. The van der Waals surface area contributed by atoms with Crippen LogP contribution in [0, 0.1) is 6.92 Å². The fraction of sp³-hybridized carbons (Fsp3) is 0.400. The number of hydrogen-bond acceptors (Lipinski definition) is 4. The molecule has 106 valence electrons. The third kappa shape index (κ3) is 2.87. The molecule has 1 N–H and O–H groups in total. The van der Waals surface area contributed by atoms with Gasteiger partial charge in [-0.2, -0.15) is 4.98 Å². The molecule has 0 aliphatic rings. The first-order valence-electron chi connectivity index (χ1n) is 6.84. The van der Waals surface area contributed by atoms with E-state index >= 15 is 0 Å². The summed E-state index contributed by atoms with van der Waals surface area (Å²) in [6, 6.07) is 6.20. The maximum atomic E-state index is 12.2. The normalized spacial score (nSPS) is 10.8. The van der Waals surface area contributed by atoms with Crippen molar-refractivity contribution in [1.82, 2.24) is 14.5 Å². The van der Waals surface area contributed by atoms with Crippen molar-refractivity contribution in [3.8, 4) is 5.69 Å². The van der Waals surface area contributed by atoms with Crippen LogP contribution in [0.2, 0.25) is 0 Å². The fourth-order valence-corrected chi connectivity index (χ4v) is 2.17. The predicted octanol–water partition coefficient (Wildman–Crippen LogP) is 2.32. The van der Waals surface area contributed by atoms with Gasteiger partial charge >= 0.3 is 5.69 Å².